The maximum absolute atomic E-state index is 11.6. The first-order valence-corrected chi connectivity index (χ1v) is 8.15. The quantitative estimate of drug-likeness (QED) is 0.856. The zero-order valence-electron chi connectivity index (χ0n) is 9.18. The van der Waals surface area contributed by atoms with Crippen molar-refractivity contribution >= 4 is 39.0 Å². The van der Waals surface area contributed by atoms with E-state index in [9.17, 15) is 13.2 Å². The van der Waals surface area contributed by atoms with Crippen molar-refractivity contribution in [1.82, 2.24) is 4.72 Å². The third-order valence-electron chi connectivity index (χ3n) is 1.86. The lowest BCUT2D eigenvalue weighted by Crippen LogP contribution is -2.35. The number of thioether (sulfide) groups is 1. The lowest BCUT2D eigenvalue weighted by atomic mass is 10.5. The van der Waals surface area contributed by atoms with Crippen molar-refractivity contribution in [1.29, 1.82) is 0 Å². The molecule has 1 amide bonds. The molecule has 0 saturated heterocycles. The molecule has 7 heteroatoms. The third-order valence-corrected chi connectivity index (χ3v) is 5.74. The van der Waals surface area contributed by atoms with E-state index in [0.29, 0.717) is 4.88 Å². The molecule has 0 radical (unpaired) electrons. The van der Waals surface area contributed by atoms with Crippen molar-refractivity contribution in [3.63, 3.8) is 0 Å². The van der Waals surface area contributed by atoms with Gasteiger partial charge in [0.05, 0.1) is 14.3 Å². The van der Waals surface area contributed by atoms with E-state index < -0.39 is 21.2 Å². The summed E-state index contributed by atoms with van der Waals surface area (Å²) in [6.07, 6.45) is 1.90. The standard InChI is InChI=1S/C9H13NO3S3/c1-6(2)16(12,13)10-9(11)7-4-5-8(14-3)15-7/h4-6H,1-3H3,(H,10,11). The molecular weight excluding hydrogens is 266 g/mol. The van der Waals surface area contributed by atoms with E-state index in [1.165, 1.54) is 36.9 Å². The normalized spacial score (nSPS) is 11.8. The Morgan fingerprint density at radius 3 is 2.50 bits per heavy atom. The first-order valence-electron chi connectivity index (χ1n) is 4.56. The minimum atomic E-state index is -3.54. The van der Waals surface area contributed by atoms with Gasteiger partial charge in [0.1, 0.15) is 0 Å². The minimum Gasteiger partial charge on any atom is -0.267 e. The molecule has 0 unspecified atom stereocenters. The van der Waals surface area contributed by atoms with Gasteiger partial charge in [0, 0.05) is 0 Å². The second-order valence-electron chi connectivity index (χ2n) is 3.35. The summed E-state index contributed by atoms with van der Waals surface area (Å²) >= 11 is 2.80. The Kier molecular flexibility index (Phi) is 4.40. The highest BCUT2D eigenvalue weighted by atomic mass is 32.2. The lowest BCUT2D eigenvalue weighted by molar-refractivity contribution is 0.0985. The summed E-state index contributed by atoms with van der Waals surface area (Å²) in [4.78, 5) is 12.0. The first-order chi connectivity index (χ1) is 7.36. The highest BCUT2D eigenvalue weighted by Gasteiger charge is 2.20. The summed E-state index contributed by atoms with van der Waals surface area (Å²) in [6.45, 7) is 3.05. The molecule has 90 valence electrons. The molecule has 1 rings (SSSR count). The zero-order valence-corrected chi connectivity index (χ0v) is 11.6. The van der Waals surface area contributed by atoms with Crippen LogP contribution in [0.2, 0.25) is 0 Å². The summed E-state index contributed by atoms with van der Waals surface area (Å²) < 4.78 is 25.9. The van der Waals surface area contributed by atoms with Gasteiger partial charge in [-0.2, -0.15) is 0 Å². The van der Waals surface area contributed by atoms with E-state index in [1.807, 2.05) is 11.0 Å². The van der Waals surface area contributed by atoms with Crippen LogP contribution < -0.4 is 4.72 Å². The molecule has 1 heterocycles. The number of rotatable bonds is 4. The molecule has 0 aliphatic carbocycles. The minimum absolute atomic E-state index is 0.411. The van der Waals surface area contributed by atoms with E-state index in [0.717, 1.165) is 4.21 Å². The van der Waals surface area contributed by atoms with Gasteiger partial charge in [-0.1, -0.05) is 0 Å². The van der Waals surface area contributed by atoms with Crippen LogP contribution in [-0.4, -0.2) is 25.8 Å². The van der Waals surface area contributed by atoms with Gasteiger partial charge in [0.15, 0.2) is 0 Å². The van der Waals surface area contributed by atoms with Crippen molar-refractivity contribution < 1.29 is 13.2 Å². The third kappa shape index (κ3) is 3.23. The predicted octanol–water partition coefficient (Wildman–Crippen LogP) is 1.94. The second kappa shape index (κ2) is 5.20. The van der Waals surface area contributed by atoms with Crippen LogP contribution in [0.25, 0.3) is 0 Å². The molecule has 0 fully saturated rings. The Hall–Kier alpha value is -0.530. The largest absolute Gasteiger partial charge is 0.274 e. The monoisotopic (exact) mass is 279 g/mol. The molecule has 0 aliphatic heterocycles. The maximum Gasteiger partial charge on any atom is 0.274 e. The van der Waals surface area contributed by atoms with Gasteiger partial charge in [0.25, 0.3) is 5.91 Å². The Balaban J connectivity index is 2.81. The van der Waals surface area contributed by atoms with Crippen molar-refractivity contribution in [2.75, 3.05) is 6.26 Å². The van der Waals surface area contributed by atoms with Crippen LogP contribution in [-0.2, 0) is 10.0 Å². The number of carbonyl (C=O) groups excluding carboxylic acids is 1. The Morgan fingerprint density at radius 2 is 2.06 bits per heavy atom. The van der Waals surface area contributed by atoms with E-state index in [-0.39, 0.29) is 0 Å². The SMILES string of the molecule is CSc1ccc(C(=O)NS(=O)(=O)C(C)C)s1. The molecule has 0 saturated carbocycles. The van der Waals surface area contributed by atoms with Crippen molar-refractivity contribution in [2.45, 2.75) is 23.3 Å². The zero-order chi connectivity index (χ0) is 12.3. The van der Waals surface area contributed by atoms with Crippen molar-refractivity contribution in [3.8, 4) is 0 Å². The van der Waals surface area contributed by atoms with E-state index in [1.54, 1.807) is 12.1 Å². The fourth-order valence-electron chi connectivity index (χ4n) is 0.849. The summed E-state index contributed by atoms with van der Waals surface area (Å²) in [7, 11) is -3.54. The molecule has 1 aromatic rings. The van der Waals surface area contributed by atoms with E-state index in [4.69, 9.17) is 0 Å². The van der Waals surface area contributed by atoms with Gasteiger partial charge < -0.3 is 0 Å². The molecule has 16 heavy (non-hydrogen) atoms. The molecule has 1 aromatic heterocycles. The van der Waals surface area contributed by atoms with Crippen LogP contribution in [0.4, 0.5) is 0 Å². The first kappa shape index (κ1) is 13.5. The molecule has 4 nitrogen and oxygen atoms in total. The fraction of sp³-hybridized carbons (Fsp3) is 0.444. The van der Waals surface area contributed by atoms with Crippen molar-refractivity contribution in [2.24, 2.45) is 0 Å². The maximum atomic E-state index is 11.6. The average Bonchev–Trinajstić information content (AvgIpc) is 2.64. The van der Waals surface area contributed by atoms with E-state index in [2.05, 4.69) is 0 Å². The molecule has 0 bridgehead atoms. The number of hydrogen-bond donors (Lipinski definition) is 1. The Bertz CT molecular complexity index is 476. The topological polar surface area (TPSA) is 63.2 Å². The highest BCUT2D eigenvalue weighted by molar-refractivity contribution is 8.00. The van der Waals surface area contributed by atoms with Gasteiger partial charge >= 0.3 is 0 Å². The van der Waals surface area contributed by atoms with Crippen LogP contribution in [0.5, 0.6) is 0 Å². The number of sulfonamides is 1. The summed E-state index contributed by atoms with van der Waals surface area (Å²) in [5.74, 6) is -0.556. The van der Waals surface area contributed by atoms with Gasteiger partial charge in [0.2, 0.25) is 10.0 Å². The van der Waals surface area contributed by atoms with Gasteiger partial charge in [-0.15, -0.1) is 23.1 Å². The van der Waals surface area contributed by atoms with Crippen LogP contribution in [0, 0.1) is 0 Å². The second-order valence-corrected chi connectivity index (χ2v) is 7.77. The van der Waals surface area contributed by atoms with Crippen LogP contribution >= 0.6 is 23.1 Å². The molecule has 0 aliphatic rings. The number of hydrogen-bond acceptors (Lipinski definition) is 5. The molecule has 1 N–H and O–H groups in total. The number of amides is 1. The van der Waals surface area contributed by atoms with Gasteiger partial charge in [-0.3, -0.25) is 4.79 Å². The number of nitrogens with one attached hydrogen (secondary N) is 1. The van der Waals surface area contributed by atoms with Gasteiger partial charge in [-0.05, 0) is 32.2 Å². The van der Waals surface area contributed by atoms with Crippen LogP contribution in [0.1, 0.15) is 23.5 Å². The average molecular weight is 279 g/mol. The van der Waals surface area contributed by atoms with Crippen molar-refractivity contribution in [3.05, 3.63) is 17.0 Å². The highest BCUT2D eigenvalue weighted by Crippen LogP contribution is 2.25. The van der Waals surface area contributed by atoms with Crippen LogP contribution in [0.15, 0.2) is 16.3 Å². The Morgan fingerprint density at radius 1 is 1.44 bits per heavy atom. The summed E-state index contributed by atoms with van der Waals surface area (Å²) in [5, 5.41) is -0.614. The summed E-state index contributed by atoms with van der Waals surface area (Å²) in [6, 6.07) is 3.42. The van der Waals surface area contributed by atoms with E-state index >= 15 is 0 Å². The summed E-state index contributed by atoms with van der Waals surface area (Å²) in [5.41, 5.74) is 0. The Labute approximate surface area is 103 Å². The smallest absolute Gasteiger partial charge is 0.267 e. The fourth-order valence-corrected chi connectivity index (χ4v) is 2.96. The van der Waals surface area contributed by atoms with Crippen LogP contribution in [0.3, 0.4) is 0 Å². The van der Waals surface area contributed by atoms with Gasteiger partial charge in [-0.25, -0.2) is 13.1 Å². The number of thiophene rings is 1. The molecule has 0 spiro atoms. The molecule has 0 aromatic carbocycles. The molecule has 0 atom stereocenters. The number of carbonyl (C=O) groups is 1. The predicted molar refractivity (Wildman–Crippen MR) is 67.6 cm³/mol. The molecular formula is C9H13NO3S3. The lowest BCUT2D eigenvalue weighted by Gasteiger charge is -2.07.